The number of nitrogens with zero attached hydrogens (tertiary/aromatic N) is 6. The number of anilines is 3. The molecule has 0 saturated carbocycles. The Kier molecular flexibility index (Phi) is 7.39. The lowest BCUT2D eigenvalue weighted by Gasteiger charge is -2.20. The smallest absolute Gasteiger partial charge is 0.250 e. The SMILES string of the molecule is C=CCOc1c(Br)cc(/C=N/Nc2nc(N3CCCC3)nc(N3CCCC3)n2)cc1Br. The molecule has 164 valence electrons. The first kappa shape index (κ1) is 22.0. The summed E-state index contributed by atoms with van der Waals surface area (Å²) in [4.78, 5) is 18.4. The van der Waals surface area contributed by atoms with Crippen molar-refractivity contribution in [3.63, 3.8) is 0 Å². The van der Waals surface area contributed by atoms with Crippen molar-refractivity contribution in [1.82, 2.24) is 15.0 Å². The van der Waals surface area contributed by atoms with Gasteiger partial charge in [-0.1, -0.05) is 12.7 Å². The summed E-state index contributed by atoms with van der Waals surface area (Å²) in [5, 5.41) is 4.36. The molecule has 2 saturated heterocycles. The number of ether oxygens (including phenoxy) is 1. The monoisotopic (exact) mass is 549 g/mol. The van der Waals surface area contributed by atoms with Gasteiger partial charge in [0.15, 0.2) is 0 Å². The van der Waals surface area contributed by atoms with Crippen molar-refractivity contribution in [2.75, 3.05) is 48.0 Å². The molecule has 0 bridgehead atoms. The fraction of sp³-hybridized carbons (Fsp3) is 0.429. The molecule has 8 nitrogen and oxygen atoms in total. The second-order valence-electron chi connectivity index (χ2n) is 7.43. The molecule has 31 heavy (non-hydrogen) atoms. The molecule has 2 aliphatic heterocycles. The van der Waals surface area contributed by atoms with Crippen molar-refractivity contribution in [3.05, 3.63) is 39.3 Å². The summed E-state index contributed by atoms with van der Waals surface area (Å²) < 4.78 is 7.32. The molecule has 1 aromatic heterocycles. The molecular formula is C21H25Br2N7O. The van der Waals surface area contributed by atoms with Crippen LogP contribution in [0.2, 0.25) is 0 Å². The Morgan fingerprint density at radius 3 is 2.03 bits per heavy atom. The molecule has 0 unspecified atom stereocenters. The van der Waals surface area contributed by atoms with E-state index in [0.29, 0.717) is 12.6 Å². The van der Waals surface area contributed by atoms with Gasteiger partial charge in [-0.05, 0) is 75.2 Å². The topological polar surface area (TPSA) is 78.8 Å². The minimum atomic E-state index is 0.435. The van der Waals surface area contributed by atoms with Crippen LogP contribution in [0, 0.1) is 0 Å². The van der Waals surface area contributed by atoms with Gasteiger partial charge in [0.25, 0.3) is 0 Å². The Balaban J connectivity index is 1.51. The first-order valence-corrected chi connectivity index (χ1v) is 12.0. The van der Waals surface area contributed by atoms with E-state index in [1.165, 1.54) is 25.7 Å². The second-order valence-corrected chi connectivity index (χ2v) is 9.14. The lowest BCUT2D eigenvalue weighted by Crippen LogP contribution is -2.25. The van der Waals surface area contributed by atoms with Gasteiger partial charge < -0.3 is 14.5 Å². The first-order chi connectivity index (χ1) is 15.1. The molecule has 1 aromatic carbocycles. The third kappa shape index (κ3) is 5.54. The molecule has 3 heterocycles. The number of rotatable bonds is 8. The van der Waals surface area contributed by atoms with Gasteiger partial charge in [0.2, 0.25) is 17.8 Å². The van der Waals surface area contributed by atoms with Gasteiger partial charge >= 0.3 is 0 Å². The quantitative estimate of drug-likeness (QED) is 0.292. The zero-order chi connectivity index (χ0) is 21.6. The predicted octanol–water partition coefficient (Wildman–Crippen LogP) is 4.61. The first-order valence-electron chi connectivity index (χ1n) is 10.4. The third-order valence-electron chi connectivity index (χ3n) is 5.13. The largest absolute Gasteiger partial charge is 0.487 e. The van der Waals surface area contributed by atoms with Gasteiger partial charge in [-0.15, -0.1) is 0 Å². The molecule has 0 spiro atoms. The molecule has 2 fully saturated rings. The number of hydrogen-bond acceptors (Lipinski definition) is 8. The number of halogens is 2. The van der Waals surface area contributed by atoms with E-state index in [9.17, 15) is 0 Å². The van der Waals surface area contributed by atoms with Crippen LogP contribution in [-0.4, -0.2) is 54.0 Å². The van der Waals surface area contributed by atoms with Crippen molar-refractivity contribution < 1.29 is 4.74 Å². The zero-order valence-electron chi connectivity index (χ0n) is 17.2. The highest BCUT2D eigenvalue weighted by atomic mass is 79.9. The van der Waals surface area contributed by atoms with Crippen molar-refractivity contribution in [2.45, 2.75) is 25.7 Å². The molecule has 0 aliphatic carbocycles. The van der Waals surface area contributed by atoms with E-state index < -0.39 is 0 Å². The Bertz CT molecular complexity index is 899. The van der Waals surface area contributed by atoms with E-state index in [0.717, 1.165) is 58.3 Å². The number of hydrogen-bond donors (Lipinski definition) is 1. The third-order valence-corrected chi connectivity index (χ3v) is 6.31. The molecule has 1 N–H and O–H groups in total. The van der Waals surface area contributed by atoms with Crippen LogP contribution in [0.4, 0.5) is 17.8 Å². The summed E-state index contributed by atoms with van der Waals surface area (Å²) in [5.41, 5.74) is 3.88. The summed E-state index contributed by atoms with van der Waals surface area (Å²) in [6, 6.07) is 3.88. The van der Waals surface area contributed by atoms with Gasteiger partial charge in [0.05, 0.1) is 15.2 Å². The summed E-state index contributed by atoms with van der Waals surface area (Å²) in [7, 11) is 0. The number of nitrogens with one attached hydrogen (secondary N) is 1. The van der Waals surface area contributed by atoms with E-state index in [1.54, 1.807) is 12.3 Å². The lowest BCUT2D eigenvalue weighted by atomic mass is 10.2. The summed E-state index contributed by atoms with van der Waals surface area (Å²) >= 11 is 7.09. The Labute approximate surface area is 199 Å². The van der Waals surface area contributed by atoms with Crippen molar-refractivity contribution in [2.24, 2.45) is 5.10 Å². The number of aromatic nitrogens is 3. The fourth-order valence-corrected chi connectivity index (χ4v) is 5.07. The molecule has 10 heteroatoms. The van der Waals surface area contributed by atoms with E-state index in [4.69, 9.17) is 9.72 Å². The molecule has 0 radical (unpaired) electrons. The zero-order valence-corrected chi connectivity index (χ0v) is 20.4. The van der Waals surface area contributed by atoms with Crippen LogP contribution in [0.3, 0.4) is 0 Å². The average Bonchev–Trinajstić information content (AvgIpc) is 3.47. The average molecular weight is 551 g/mol. The Hall–Kier alpha value is -2.20. The van der Waals surface area contributed by atoms with E-state index in [2.05, 4.69) is 68.7 Å². The molecule has 2 aromatic rings. The second kappa shape index (κ2) is 10.4. The molecule has 2 aliphatic rings. The lowest BCUT2D eigenvalue weighted by molar-refractivity contribution is 0.358. The number of hydrazone groups is 1. The van der Waals surface area contributed by atoms with Crippen LogP contribution >= 0.6 is 31.9 Å². The van der Waals surface area contributed by atoms with E-state index in [-0.39, 0.29) is 0 Å². The highest BCUT2D eigenvalue weighted by Gasteiger charge is 2.21. The Morgan fingerprint density at radius 1 is 0.968 bits per heavy atom. The standard InChI is InChI=1S/C21H25Br2N7O/c1-2-11-31-18-16(22)12-15(13-17(18)23)14-24-28-19-25-20(29-7-3-4-8-29)27-21(26-19)30-9-5-6-10-30/h2,12-14H,1,3-11H2,(H,25,26,27,28)/b24-14+. The number of benzene rings is 1. The maximum atomic E-state index is 5.66. The van der Waals surface area contributed by atoms with E-state index >= 15 is 0 Å². The van der Waals surface area contributed by atoms with Crippen molar-refractivity contribution in [1.29, 1.82) is 0 Å². The maximum Gasteiger partial charge on any atom is 0.250 e. The maximum absolute atomic E-state index is 5.66. The van der Waals surface area contributed by atoms with Gasteiger partial charge in [0, 0.05) is 26.2 Å². The van der Waals surface area contributed by atoms with Gasteiger partial charge in [-0.25, -0.2) is 5.43 Å². The predicted molar refractivity (Wildman–Crippen MR) is 131 cm³/mol. The minimum absolute atomic E-state index is 0.435. The van der Waals surface area contributed by atoms with Gasteiger partial charge in [-0.2, -0.15) is 20.1 Å². The van der Waals surface area contributed by atoms with Crippen LogP contribution in [-0.2, 0) is 0 Å². The van der Waals surface area contributed by atoms with Crippen molar-refractivity contribution in [3.8, 4) is 5.75 Å². The van der Waals surface area contributed by atoms with Crippen LogP contribution < -0.4 is 20.0 Å². The Morgan fingerprint density at radius 2 is 1.52 bits per heavy atom. The van der Waals surface area contributed by atoms with Gasteiger partial charge in [-0.3, -0.25) is 0 Å². The highest BCUT2D eigenvalue weighted by molar-refractivity contribution is 9.11. The van der Waals surface area contributed by atoms with Gasteiger partial charge in [0.1, 0.15) is 12.4 Å². The van der Waals surface area contributed by atoms with Crippen LogP contribution in [0.5, 0.6) is 5.75 Å². The van der Waals surface area contributed by atoms with Crippen LogP contribution in [0.15, 0.2) is 38.8 Å². The molecule has 0 amide bonds. The highest BCUT2D eigenvalue weighted by Crippen LogP contribution is 2.34. The molecular weight excluding hydrogens is 526 g/mol. The van der Waals surface area contributed by atoms with Crippen molar-refractivity contribution >= 4 is 55.9 Å². The summed E-state index contributed by atoms with van der Waals surface area (Å²) in [5.74, 6) is 2.63. The summed E-state index contributed by atoms with van der Waals surface area (Å²) in [6.45, 7) is 8.03. The molecule has 4 rings (SSSR count). The fourth-order valence-electron chi connectivity index (χ4n) is 3.62. The minimum Gasteiger partial charge on any atom is -0.487 e. The van der Waals surface area contributed by atoms with Crippen LogP contribution in [0.25, 0.3) is 0 Å². The molecule has 0 atom stereocenters. The van der Waals surface area contributed by atoms with E-state index in [1.807, 2.05) is 12.1 Å². The summed E-state index contributed by atoms with van der Waals surface area (Å²) in [6.07, 6.45) is 8.11. The van der Waals surface area contributed by atoms with Crippen LogP contribution in [0.1, 0.15) is 31.2 Å². The normalized spacial score (nSPS) is 16.3.